The van der Waals surface area contributed by atoms with Crippen LogP contribution in [0.2, 0.25) is 0 Å². The molecule has 1 aliphatic rings. The smallest absolute Gasteiger partial charge is 0.243 e. The lowest BCUT2D eigenvalue weighted by atomic mass is 10.3. The summed E-state index contributed by atoms with van der Waals surface area (Å²) in [5.41, 5.74) is 0. The molecule has 2 aromatic rings. The first kappa shape index (κ1) is 18.9. The highest BCUT2D eigenvalue weighted by atomic mass is 79.9. The molecule has 1 aromatic carbocycles. The number of rotatable bonds is 6. The van der Waals surface area contributed by atoms with Gasteiger partial charge in [-0.05, 0) is 40.5 Å². The first-order valence-electron chi connectivity index (χ1n) is 7.94. The monoisotopic (exact) mass is 442 g/mol. The fourth-order valence-corrected chi connectivity index (χ4v) is 4.48. The highest BCUT2D eigenvalue weighted by Gasteiger charge is 2.34. The van der Waals surface area contributed by atoms with Crippen LogP contribution in [0.5, 0.6) is 17.4 Å². The van der Waals surface area contributed by atoms with Crippen LogP contribution in [0.3, 0.4) is 0 Å². The van der Waals surface area contributed by atoms with E-state index < -0.39 is 10.0 Å². The second-order valence-electron chi connectivity index (χ2n) is 5.72. The minimum Gasteiger partial charge on any atom is -0.493 e. The summed E-state index contributed by atoms with van der Waals surface area (Å²) in [6.07, 6.45) is 2.01. The van der Waals surface area contributed by atoms with E-state index in [-0.39, 0.29) is 17.5 Å². The molecular weight excluding hydrogens is 424 g/mol. The SMILES string of the molecule is COc1ccc(S(=O)(=O)N2CCC(Oc3ccc(Br)cn3)C2)cc1OC. The molecule has 1 atom stereocenters. The van der Waals surface area contributed by atoms with Crippen molar-refractivity contribution in [1.82, 2.24) is 9.29 Å². The van der Waals surface area contributed by atoms with Crippen molar-refractivity contribution in [2.45, 2.75) is 17.4 Å². The molecule has 0 N–H and O–H groups in total. The van der Waals surface area contributed by atoms with Gasteiger partial charge in [-0.2, -0.15) is 4.31 Å². The second kappa shape index (κ2) is 7.81. The Balaban J connectivity index is 1.73. The van der Waals surface area contributed by atoms with Crippen LogP contribution < -0.4 is 14.2 Å². The molecule has 26 heavy (non-hydrogen) atoms. The molecule has 140 valence electrons. The van der Waals surface area contributed by atoms with Crippen LogP contribution >= 0.6 is 15.9 Å². The van der Waals surface area contributed by atoms with Crippen molar-refractivity contribution < 1.29 is 22.6 Å². The number of sulfonamides is 1. The lowest BCUT2D eigenvalue weighted by Gasteiger charge is -2.18. The van der Waals surface area contributed by atoms with E-state index in [2.05, 4.69) is 20.9 Å². The van der Waals surface area contributed by atoms with E-state index in [1.54, 1.807) is 18.3 Å². The molecule has 1 aromatic heterocycles. The van der Waals surface area contributed by atoms with Crippen LogP contribution in [0.4, 0.5) is 0 Å². The Morgan fingerprint density at radius 1 is 1.15 bits per heavy atom. The van der Waals surface area contributed by atoms with E-state index in [1.807, 2.05) is 6.07 Å². The van der Waals surface area contributed by atoms with Gasteiger partial charge in [0.25, 0.3) is 0 Å². The van der Waals surface area contributed by atoms with E-state index in [1.165, 1.54) is 30.7 Å². The standard InChI is InChI=1S/C17H19BrN2O5S/c1-23-15-5-4-14(9-16(15)24-2)26(21,22)20-8-7-13(11-20)25-17-6-3-12(18)10-19-17/h3-6,9-10,13H,7-8,11H2,1-2H3. The molecule has 0 bridgehead atoms. The van der Waals surface area contributed by atoms with Gasteiger partial charge in [-0.3, -0.25) is 0 Å². The van der Waals surface area contributed by atoms with Crippen molar-refractivity contribution in [3.8, 4) is 17.4 Å². The minimum absolute atomic E-state index is 0.164. The molecule has 2 heterocycles. The number of hydrogen-bond donors (Lipinski definition) is 0. The third-order valence-corrected chi connectivity index (χ3v) is 6.42. The fourth-order valence-electron chi connectivity index (χ4n) is 2.74. The maximum absolute atomic E-state index is 12.9. The maximum Gasteiger partial charge on any atom is 0.243 e. The first-order valence-corrected chi connectivity index (χ1v) is 10.2. The normalized spacial score (nSPS) is 17.9. The third kappa shape index (κ3) is 3.94. The zero-order valence-corrected chi connectivity index (χ0v) is 16.8. The molecule has 7 nitrogen and oxygen atoms in total. The number of benzene rings is 1. The van der Waals surface area contributed by atoms with Crippen molar-refractivity contribution in [3.63, 3.8) is 0 Å². The zero-order chi connectivity index (χ0) is 18.7. The van der Waals surface area contributed by atoms with Crippen LogP contribution in [0, 0.1) is 0 Å². The summed E-state index contributed by atoms with van der Waals surface area (Å²) in [5, 5.41) is 0. The number of pyridine rings is 1. The Bertz CT molecular complexity index is 873. The second-order valence-corrected chi connectivity index (χ2v) is 8.58. The summed E-state index contributed by atoms with van der Waals surface area (Å²) < 4.78 is 44.2. The van der Waals surface area contributed by atoms with E-state index in [9.17, 15) is 8.42 Å². The van der Waals surface area contributed by atoms with Crippen molar-refractivity contribution >= 4 is 26.0 Å². The predicted octanol–water partition coefficient (Wildman–Crippen LogP) is 2.70. The van der Waals surface area contributed by atoms with Gasteiger partial charge < -0.3 is 14.2 Å². The van der Waals surface area contributed by atoms with Crippen molar-refractivity contribution in [2.24, 2.45) is 0 Å². The summed E-state index contributed by atoms with van der Waals surface area (Å²) in [5.74, 6) is 1.33. The van der Waals surface area contributed by atoms with Gasteiger partial charge in [0, 0.05) is 29.3 Å². The average molecular weight is 443 g/mol. The largest absolute Gasteiger partial charge is 0.493 e. The molecule has 1 saturated heterocycles. The van der Waals surface area contributed by atoms with Gasteiger partial charge in [-0.25, -0.2) is 13.4 Å². The Kier molecular flexibility index (Phi) is 5.69. The topological polar surface area (TPSA) is 78.0 Å². The maximum atomic E-state index is 12.9. The van der Waals surface area contributed by atoms with Gasteiger partial charge in [-0.1, -0.05) is 0 Å². The molecule has 0 spiro atoms. The summed E-state index contributed by atoms with van der Waals surface area (Å²) in [4.78, 5) is 4.33. The molecule has 0 saturated carbocycles. The van der Waals surface area contributed by atoms with Crippen LogP contribution in [-0.4, -0.2) is 51.1 Å². The Labute approximate surface area is 161 Å². The number of ether oxygens (including phenoxy) is 3. The predicted molar refractivity (Wildman–Crippen MR) is 99.3 cm³/mol. The van der Waals surface area contributed by atoms with Gasteiger partial charge in [-0.15, -0.1) is 0 Å². The van der Waals surface area contributed by atoms with E-state index >= 15 is 0 Å². The summed E-state index contributed by atoms with van der Waals surface area (Å²) in [7, 11) is -0.662. The molecule has 3 rings (SSSR count). The van der Waals surface area contributed by atoms with Crippen molar-refractivity contribution in [3.05, 3.63) is 41.0 Å². The number of aromatic nitrogens is 1. The van der Waals surface area contributed by atoms with Gasteiger partial charge in [0.15, 0.2) is 11.5 Å². The number of nitrogens with zero attached hydrogens (tertiary/aromatic N) is 2. The highest BCUT2D eigenvalue weighted by molar-refractivity contribution is 9.10. The first-order chi connectivity index (χ1) is 12.4. The fraction of sp³-hybridized carbons (Fsp3) is 0.353. The summed E-state index contributed by atoms with van der Waals surface area (Å²) in [6.45, 7) is 0.659. The number of hydrogen-bond acceptors (Lipinski definition) is 6. The zero-order valence-electron chi connectivity index (χ0n) is 14.4. The minimum atomic E-state index is -3.64. The summed E-state index contributed by atoms with van der Waals surface area (Å²) in [6, 6.07) is 8.15. The van der Waals surface area contributed by atoms with Crippen LogP contribution in [0.1, 0.15) is 6.42 Å². The van der Waals surface area contributed by atoms with E-state index in [0.717, 1.165) is 4.47 Å². The molecule has 0 aliphatic carbocycles. The molecule has 0 radical (unpaired) electrons. The molecule has 1 unspecified atom stereocenters. The number of methoxy groups -OCH3 is 2. The lowest BCUT2D eigenvalue weighted by Crippen LogP contribution is -2.31. The quantitative estimate of drug-likeness (QED) is 0.684. The van der Waals surface area contributed by atoms with E-state index in [4.69, 9.17) is 14.2 Å². The van der Waals surface area contributed by atoms with Gasteiger partial charge in [0.1, 0.15) is 6.10 Å². The highest BCUT2D eigenvalue weighted by Crippen LogP contribution is 2.32. The third-order valence-electron chi connectivity index (χ3n) is 4.09. The van der Waals surface area contributed by atoms with Crippen molar-refractivity contribution in [2.75, 3.05) is 27.3 Å². The Hall–Kier alpha value is -1.84. The Morgan fingerprint density at radius 2 is 1.92 bits per heavy atom. The van der Waals surface area contributed by atoms with Crippen LogP contribution in [0.15, 0.2) is 45.9 Å². The Morgan fingerprint density at radius 3 is 2.58 bits per heavy atom. The molecule has 9 heteroatoms. The van der Waals surface area contributed by atoms with Gasteiger partial charge >= 0.3 is 0 Å². The molecule has 1 fully saturated rings. The van der Waals surface area contributed by atoms with Gasteiger partial charge in [0.2, 0.25) is 15.9 Å². The van der Waals surface area contributed by atoms with Gasteiger partial charge in [0.05, 0.1) is 25.7 Å². The van der Waals surface area contributed by atoms with Crippen LogP contribution in [0.25, 0.3) is 0 Å². The number of halogens is 1. The molecule has 1 aliphatic heterocycles. The average Bonchev–Trinajstić information content (AvgIpc) is 3.12. The molecule has 0 amide bonds. The lowest BCUT2D eigenvalue weighted by molar-refractivity contribution is 0.207. The van der Waals surface area contributed by atoms with E-state index in [0.29, 0.717) is 30.3 Å². The van der Waals surface area contributed by atoms with Crippen molar-refractivity contribution in [1.29, 1.82) is 0 Å². The summed E-state index contributed by atoms with van der Waals surface area (Å²) >= 11 is 3.32. The molecular formula is C17H19BrN2O5S. The van der Waals surface area contributed by atoms with Crippen LogP contribution in [-0.2, 0) is 10.0 Å².